The van der Waals surface area contributed by atoms with E-state index in [0.29, 0.717) is 19.0 Å². The second-order valence-corrected chi connectivity index (χ2v) is 4.98. The first-order chi connectivity index (χ1) is 8.77. The highest BCUT2D eigenvalue weighted by atomic mass is 16.3. The molecule has 18 heavy (non-hydrogen) atoms. The summed E-state index contributed by atoms with van der Waals surface area (Å²) in [5.41, 5.74) is 2.07. The van der Waals surface area contributed by atoms with Crippen LogP contribution in [-0.4, -0.2) is 29.4 Å². The van der Waals surface area contributed by atoms with Crippen molar-refractivity contribution in [2.45, 2.75) is 44.8 Å². The fraction of sp³-hybridized carbons (Fsp3) is 0.600. The number of para-hydroxylation sites is 1. The second kappa shape index (κ2) is 6.21. The minimum absolute atomic E-state index is 0.160. The molecule has 0 saturated heterocycles. The Morgan fingerprint density at radius 3 is 2.61 bits per heavy atom. The number of aliphatic hydroxyl groups is 2. The summed E-state index contributed by atoms with van der Waals surface area (Å²) >= 11 is 0. The van der Waals surface area contributed by atoms with Crippen molar-refractivity contribution in [2.75, 3.05) is 18.1 Å². The number of hydrogen-bond acceptors (Lipinski definition) is 3. The highest BCUT2D eigenvalue weighted by Gasteiger charge is 2.27. The zero-order valence-corrected chi connectivity index (χ0v) is 11.0. The molecule has 0 radical (unpaired) electrons. The minimum Gasteiger partial charge on any atom is -0.395 e. The Morgan fingerprint density at radius 2 is 2.06 bits per heavy atom. The standard InChI is InChI=1S/C15H23NO2/c1-2-15(18)13-8-3-4-9-14(13)16(10-11-17)12-6-5-7-12/h3-4,8-9,12,15,17-18H,2,5-7,10-11H2,1H3/t15-/m0/s1. The monoisotopic (exact) mass is 249 g/mol. The normalized spacial score (nSPS) is 17.3. The number of rotatable bonds is 6. The van der Waals surface area contributed by atoms with Crippen LogP contribution in [0.15, 0.2) is 24.3 Å². The molecule has 2 N–H and O–H groups in total. The van der Waals surface area contributed by atoms with Crippen LogP contribution in [-0.2, 0) is 0 Å². The quantitative estimate of drug-likeness (QED) is 0.814. The number of hydrogen-bond donors (Lipinski definition) is 2. The van der Waals surface area contributed by atoms with E-state index in [2.05, 4.69) is 11.0 Å². The van der Waals surface area contributed by atoms with Crippen LogP contribution in [0.2, 0.25) is 0 Å². The Hall–Kier alpha value is -1.06. The van der Waals surface area contributed by atoms with E-state index in [1.54, 1.807) is 0 Å². The van der Waals surface area contributed by atoms with E-state index in [1.165, 1.54) is 19.3 Å². The number of nitrogens with zero attached hydrogens (tertiary/aromatic N) is 1. The van der Waals surface area contributed by atoms with Gasteiger partial charge in [0.25, 0.3) is 0 Å². The van der Waals surface area contributed by atoms with Crippen LogP contribution >= 0.6 is 0 Å². The van der Waals surface area contributed by atoms with E-state index in [1.807, 2.05) is 25.1 Å². The molecule has 1 aromatic carbocycles. The predicted octanol–water partition coefficient (Wildman–Crippen LogP) is 2.48. The summed E-state index contributed by atoms with van der Waals surface area (Å²) in [5, 5.41) is 19.4. The molecule has 1 aliphatic rings. The lowest BCUT2D eigenvalue weighted by Crippen LogP contribution is -2.42. The summed E-state index contributed by atoms with van der Waals surface area (Å²) in [6.07, 6.45) is 3.95. The molecule has 0 unspecified atom stereocenters. The molecule has 0 bridgehead atoms. The van der Waals surface area contributed by atoms with Crippen LogP contribution in [0.5, 0.6) is 0 Å². The van der Waals surface area contributed by atoms with Gasteiger partial charge in [0.1, 0.15) is 0 Å². The van der Waals surface area contributed by atoms with Crippen molar-refractivity contribution in [2.24, 2.45) is 0 Å². The van der Waals surface area contributed by atoms with Gasteiger partial charge in [-0.05, 0) is 31.7 Å². The number of benzene rings is 1. The van der Waals surface area contributed by atoms with Gasteiger partial charge in [0.05, 0.1) is 12.7 Å². The minimum atomic E-state index is -0.414. The lowest BCUT2D eigenvalue weighted by atomic mass is 9.90. The molecular weight excluding hydrogens is 226 g/mol. The number of anilines is 1. The molecule has 2 rings (SSSR count). The summed E-state index contributed by atoms with van der Waals surface area (Å²) in [6.45, 7) is 2.80. The SMILES string of the molecule is CC[C@H](O)c1ccccc1N(CCO)C1CCC1. The van der Waals surface area contributed by atoms with Crippen molar-refractivity contribution in [1.29, 1.82) is 0 Å². The van der Waals surface area contributed by atoms with Gasteiger partial charge in [-0.25, -0.2) is 0 Å². The van der Waals surface area contributed by atoms with Crippen molar-refractivity contribution < 1.29 is 10.2 Å². The van der Waals surface area contributed by atoms with E-state index >= 15 is 0 Å². The largest absolute Gasteiger partial charge is 0.395 e. The Bertz CT molecular complexity index is 377. The molecule has 1 saturated carbocycles. The van der Waals surface area contributed by atoms with Gasteiger partial charge in [-0.15, -0.1) is 0 Å². The Kier molecular flexibility index (Phi) is 4.61. The van der Waals surface area contributed by atoms with Gasteiger partial charge in [0.15, 0.2) is 0 Å². The van der Waals surface area contributed by atoms with Gasteiger partial charge >= 0.3 is 0 Å². The van der Waals surface area contributed by atoms with Gasteiger partial charge in [0.2, 0.25) is 0 Å². The highest BCUT2D eigenvalue weighted by Crippen LogP contribution is 2.34. The lowest BCUT2D eigenvalue weighted by Gasteiger charge is -2.40. The molecule has 1 aliphatic carbocycles. The molecule has 1 atom stereocenters. The first kappa shape index (κ1) is 13.4. The molecule has 0 aromatic heterocycles. The molecule has 100 valence electrons. The maximum Gasteiger partial charge on any atom is 0.0807 e. The van der Waals surface area contributed by atoms with Gasteiger partial charge in [-0.1, -0.05) is 25.1 Å². The summed E-state index contributed by atoms with van der Waals surface area (Å²) in [4.78, 5) is 2.26. The molecule has 1 aromatic rings. The zero-order valence-electron chi connectivity index (χ0n) is 11.0. The Balaban J connectivity index is 2.27. The molecule has 3 nitrogen and oxygen atoms in total. The summed E-state index contributed by atoms with van der Waals surface area (Å²) in [7, 11) is 0. The van der Waals surface area contributed by atoms with Crippen molar-refractivity contribution >= 4 is 5.69 Å². The van der Waals surface area contributed by atoms with Crippen molar-refractivity contribution in [3.8, 4) is 0 Å². The third kappa shape index (κ3) is 2.68. The van der Waals surface area contributed by atoms with Crippen molar-refractivity contribution in [3.63, 3.8) is 0 Å². The van der Waals surface area contributed by atoms with Crippen molar-refractivity contribution in [3.05, 3.63) is 29.8 Å². The van der Waals surface area contributed by atoms with Crippen LogP contribution in [0.1, 0.15) is 44.3 Å². The predicted molar refractivity (Wildman–Crippen MR) is 73.8 cm³/mol. The van der Waals surface area contributed by atoms with E-state index in [-0.39, 0.29) is 6.61 Å². The van der Waals surface area contributed by atoms with E-state index in [0.717, 1.165) is 11.3 Å². The maximum atomic E-state index is 10.1. The Morgan fingerprint density at radius 1 is 1.33 bits per heavy atom. The van der Waals surface area contributed by atoms with Gasteiger partial charge < -0.3 is 15.1 Å². The Labute approximate surface area is 109 Å². The molecule has 0 amide bonds. The zero-order chi connectivity index (χ0) is 13.0. The molecule has 1 fully saturated rings. The first-order valence-electron chi connectivity index (χ1n) is 6.92. The molecule has 0 spiro atoms. The maximum absolute atomic E-state index is 10.1. The topological polar surface area (TPSA) is 43.7 Å². The molecule has 0 heterocycles. The lowest BCUT2D eigenvalue weighted by molar-refractivity contribution is 0.173. The third-order valence-electron chi connectivity index (χ3n) is 3.85. The van der Waals surface area contributed by atoms with Crippen LogP contribution in [0, 0.1) is 0 Å². The molecule has 3 heteroatoms. The van der Waals surface area contributed by atoms with Crippen molar-refractivity contribution in [1.82, 2.24) is 0 Å². The molecule has 0 aliphatic heterocycles. The van der Waals surface area contributed by atoms with Crippen LogP contribution < -0.4 is 4.90 Å². The smallest absolute Gasteiger partial charge is 0.0807 e. The van der Waals surface area contributed by atoms with E-state index in [4.69, 9.17) is 0 Å². The first-order valence-corrected chi connectivity index (χ1v) is 6.92. The summed E-state index contributed by atoms with van der Waals surface area (Å²) < 4.78 is 0. The van der Waals surface area contributed by atoms with Crippen LogP contribution in [0.4, 0.5) is 5.69 Å². The average Bonchev–Trinajstić information content (AvgIpc) is 2.35. The van der Waals surface area contributed by atoms with Gasteiger partial charge in [-0.2, -0.15) is 0 Å². The average molecular weight is 249 g/mol. The fourth-order valence-electron chi connectivity index (χ4n) is 2.56. The highest BCUT2D eigenvalue weighted by molar-refractivity contribution is 5.55. The van der Waals surface area contributed by atoms with E-state index in [9.17, 15) is 10.2 Å². The molecular formula is C15H23NO2. The van der Waals surface area contributed by atoms with Gasteiger partial charge in [-0.3, -0.25) is 0 Å². The summed E-state index contributed by atoms with van der Waals surface area (Å²) in [6, 6.07) is 8.55. The second-order valence-electron chi connectivity index (χ2n) is 4.98. The summed E-state index contributed by atoms with van der Waals surface area (Å²) in [5.74, 6) is 0. The fourth-order valence-corrected chi connectivity index (χ4v) is 2.56. The van der Waals surface area contributed by atoms with Gasteiger partial charge in [0, 0.05) is 23.8 Å². The van der Waals surface area contributed by atoms with Crippen LogP contribution in [0.25, 0.3) is 0 Å². The van der Waals surface area contributed by atoms with E-state index < -0.39 is 6.10 Å². The van der Waals surface area contributed by atoms with Crippen LogP contribution in [0.3, 0.4) is 0 Å². The number of aliphatic hydroxyl groups excluding tert-OH is 2. The third-order valence-corrected chi connectivity index (χ3v) is 3.85.